The van der Waals surface area contributed by atoms with Crippen LogP contribution in [-0.4, -0.2) is 37.5 Å². The van der Waals surface area contributed by atoms with E-state index in [1.54, 1.807) is 7.11 Å². The number of ether oxygens (including phenoxy) is 2. The van der Waals surface area contributed by atoms with Gasteiger partial charge in [0.05, 0.1) is 12.7 Å². The number of hydrogen-bond acceptors (Lipinski definition) is 4. The Bertz CT molecular complexity index is 638. The van der Waals surface area contributed by atoms with Crippen LogP contribution in [-0.2, 0) is 19.1 Å². The fourth-order valence-electron chi connectivity index (χ4n) is 3.32. The largest absolute Gasteiger partial charge is 0.468 e. The minimum atomic E-state index is -0.705. The van der Waals surface area contributed by atoms with E-state index in [9.17, 15) is 4.79 Å². The van der Waals surface area contributed by atoms with Crippen LogP contribution in [0, 0.1) is 20.8 Å². The predicted octanol–water partition coefficient (Wildman–Crippen LogP) is 3.13. The van der Waals surface area contributed by atoms with E-state index in [4.69, 9.17) is 14.3 Å². The highest BCUT2D eigenvalue weighted by Gasteiger charge is 2.49. The first-order valence-electron chi connectivity index (χ1n) is 7.59. The zero-order chi connectivity index (χ0) is 17.4. The lowest BCUT2D eigenvalue weighted by molar-refractivity contribution is -0.192. The average molecular weight is 319 g/mol. The van der Waals surface area contributed by atoms with Crippen LogP contribution in [0.15, 0.2) is 17.9 Å². The fraction of sp³-hybridized carbons (Fsp3) is 0.500. The SMILES string of the molecule is COCOC1=C(c2c(C)cc(C)cc2C)C(=O)N(OC)C1(C)C. The Morgan fingerprint density at radius 1 is 1.09 bits per heavy atom. The number of carbonyl (C=O) groups excluding carboxylic acids is 1. The summed E-state index contributed by atoms with van der Waals surface area (Å²) in [5.74, 6) is 0.375. The summed E-state index contributed by atoms with van der Waals surface area (Å²) in [5, 5.41) is 1.35. The molecule has 0 aliphatic carbocycles. The van der Waals surface area contributed by atoms with Crippen molar-refractivity contribution in [3.8, 4) is 0 Å². The van der Waals surface area contributed by atoms with Crippen LogP contribution < -0.4 is 0 Å². The predicted molar refractivity (Wildman–Crippen MR) is 88.5 cm³/mol. The number of methoxy groups -OCH3 is 1. The van der Waals surface area contributed by atoms with Crippen molar-refractivity contribution in [1.29, 1.82) is 0 Å². The third-order valence-electron chi connectivity index (χ3n) is 4.12. The summed E-state index contributed by atoms with van der Waals surface area (Å²) in [5.41, 5.74) is 3.99. The molecule has 1 aliphatic heterocycles. The average Bonchev–Trinajstić information content (AvgIpc) is 2.62. The van der Waals surface area contributed by atoms with E-state index in [0.29, 0.717) is 11.3 Å². The van der Waals surface area contributed by atoms with Crippen molar-refractivity contribution in [3.05, 3.63) is 40.1 Å². The zero-order valence-electron chi connectivity index (χ0n) is 14.9. The summed E-state index contributed by atoms with van der Waals surface area (Å²) in [6.07, 6.45) is 0. The monoisotopic (exact) mass is 319 g/mol. The molecule has 1 aromatic carbocycles. The summed E-state index contributed by atoms with van der Waals surface area (Å²) in [6, 6.07) is 4.14. The zero-order valence-corrected chi connectivity index (χ0v) is 14.9. The maximum Gasteiger partial charge on any atom is 0.282 e. The molecular weight excluding hydrogens is 294 g/mol. The molecule has 0 spiro atoms. The Kier molecular flexibility index (Phi) is 4.82. The van der Waals surface area contributed by atoms with Gasteiger partial charge in [-0.3, -0.25) is 9.63 Å². The number of hydrogen-bond donors (Lipinski definition) is 0. The Morgan fingerprint density at radius 2 is 1.65 bits per heavy atom. The lowest BCUT2D eigenvalue weighted by Crippen LogP contribution is -2.43. The first kappa shape index (κ1) is 17.5. The molecule has 5 heteroatoms. The second-order valence-electron chi connectivity index (χ2n) is 6.37. The number of aryl methyl sites for hydroxylation is 3. The van der Waals surface area contributed by atoms with Crippen LogP contribution in [0.2, 0.25) is 0 Å². The van der Waals surface area contributed by atoms with E-state index >= 15 is 0 Å². The lowest BCUT2D eigenvalue weighted by Gasteiger charge is -2.30. The Morgan fingerprint density at radius 3 is 2.13 bits per heavy atom. The minimum absolute atomic E-state index is 0.0804. The normalized spacial score (nSPS) is 17.2. The Hall–Kier alpha value is -1.85. The van der Waals surface area contributed by atoms with E-state index in [-0.39, 0.29) is 12.7 Å². The highest BCUT2D eigenvalue weighted by molar-refractivity contribution is 6.23. The molecule has 1 aliphatic rings. The Balaban J connectivity index is 2.70. The van der Waals surface area contributed by atoms with Crippen molar-refractivity contribution >= 4 is 11.5 Å². The summed E-state index contributed by atoms with van der Waals surface area (Å²) in [7, 11) is 3.05. The third kappa shape index (κ3) is 2.86. The summed E-state index contributed by atoms with van der Waals surface area (Å²) in [6.45, 7) is 9.92. The van der Waals surface area contributed by atoms with Crippen molar-refractivity contribution < 1.29 is 19.1 Å². The molecule has 1 heterocycles. The molecule has 126 valence electrons. The van der Waals surface area contributed by atoms with Gasteiger partial charge in [0, 0.05) is 7.11 Å². The number of carbonyl (C=O) groups is 1. The van der Waals surface area contributed by atoms with Gasteiger partial charge >= 0.3 is 0 Å². The molecule has 0 aromatic heterocycles. The molecule has 0 N–H and O–H groups in total. The van der Waals surface area contributed by atoms with Gasteiger partial charge in [-0.25, -0.2) is 5.06 Å². The van der Waals surface area contributed by atoms with E-state index in [0.717, 1.165) is 22.3 Å². The molecule has 0 saturated heterocycles. The van der Waals surface area contributed by atoms with Crippen molar-refractivity contribution in [3.63, 3.8) is 0 Å². The van der Waals surface area contributed by atoms with Gasteiger partial charge in [0.2, 0.25) is 0 Å². The number of nitrogens with zero attached hydrogens (tertiary/aromatic N) is 1. The molecule has 0 saturated carbocycles. The molecule has 23 heavy (non-hydrogen) atoms. The third-order valence-corrected chi connectivity index (χ3v) is 4.12. The number of benzene rings is 1. The van der Waals surface area contributed by atoms with Crippen molar-refractivity contribution in [2.45, 2.75) is 40.2 Å². The maximum atomic E-state index is 12.9. The van der Waals surface area contributed by atoms with Crippen LogP contribution in [0.5, 0.6) is 0 Å². The smallest absolute Gasteiger partial charge is 0.282 e. The van der Waals surface area contributed by atoms with Crippen LogP contribution in [0.25, 0.3) is 5.57 Å². The maximum absolute atomic E-state index is 12.9. The van der Waals surface area contributed by atoms with Gasteiger partial charge in [-0.05, 0) is 51.3 Å². The lowest BCUT2D eigenvalue weighted by atomic mass is 9.91. The summed E-state index contributed by atoms with van der Waals surface area (Å²) >= 11 is 0. The topological polar surface area (TPSA) is 48.0 Å². The van der Waals surface area contributed by atoms with Crippen LogP contribution >= 0.6 is 0 Å². The van der Waals surface area contributed by atoms with Crippen LogP contribution in [0.4, 0.5) is 0 Å². The van der Waals surface area contributed by atoms with Crippen molar-refractivity contribution in [2.75, 3.05) is 21.0 Å². The van der Waals surface area contributed by atoms with Gasteiger partial charge in [-0.2, -0.15) is 0 Å². The van der Waals surface area contributed by atoms with Gasteiger partial charge < -0.3 is 9.47 Å². The van der Waals surface area contributed by atoms with Gasteiger partial charge in [0.15, 0.2) is 6.79 Å². The molecule has 5 nitrogen and oxygen atoms in total. The second-order valence-corrected chi connectivity index (χ2v) is 6.37. The second kappa shape index (κ2) is 6.34. The van der Waals surface area contributed by atoms with Gasteiger partial charge in [-0.1, -0.05) is 17.7 Å². The fourth-order valence-corrected chi connectivity index (χ4v) is 3.32. The molecule has 1 amide bonds. The van der Waals surface area contributed by atoms with E-state index < -0.39 is 5.54 Å². The van der Waals surface area contributed by atoms with Crippen molar-refractivity contribution in [1.82, 2.24) is 5.06 Å². The summed E-state index contributed by atoms with van der Waals surface area (Å²) < 4.78 is 10.8. The first-order chi connectivity index (χ1) is 10.8. The first-order valence-corrected chi connectivity index (χ1v) is 7.59. The van der Waals surface area contributed by atoms with Crippen molar-refractivity contribution in [2.24, 2.45) is 0 Å². The number of amides is 1. The quantitative estimate of drug-likeness (QED) is 0.782. The van der Waals surface area contributed by atoms with Gasteiger partial charge in [-0.15, -0.1) is 0 Å². The van der Waals surface area contributed by atoms with Gasteiger partial charge in [0.25, 0.3) is 5.91 Å². The number of rotatable bonds is 5. The number of hydroxylamine groups is 2. The summed E-state index contributed by atoms with van der Waals surface area (Å²) in [4.78, 5) is 18.3. The molecule has 1 aromatic rings. The minimum Gasteiger partial charge on any atom is -0.468 e. The Labute approximate surface area is 137 Å². The van der Waals surface area contributed by atoms with E-state index in [2.05, 4.69) is 12.1 Å². The molecule has 0 unspecified atom stereocenters. The van der Waals surface area contributed by atoms with E-state index in [1.165, 1.54) is 12.2 Å². The standard InChI is InChI=1S/C18H25NO4/c1-11-8-12(2)14(13(3)9-11)15-16(23-10-21-6)18(4,5)19(22-7)17(15)20/h8-9H,10H2,1-7H3. The molecular formula is C18H25NO4. The van der Waals surface area contributed by atoms with Gasteiger partial charge in [0.1, 0.15) is 11.3 Å². The van der Waals surface area contributed by atoms with Crippen LogP contribution in [0.1, 0.15) is 36.1 Å². The highest BCUT2D eigenvalue weighted by Crippen LogP contribution is 2.42. The molecule has 2 rings (SSSR count). The van der Waals surface area contributed by atoms with E-state index in [1.807, 2.05) is 34.6 Å². The molecule has 0 atom stereocenters. The van der Waals surface area contributed by atoms with Crippen LogP contribution in [0.3, 0.4) is 0 Å². The highest BCUT2D eigenvalue weighted by atomic mass is 16.7. The molecule has 0 bridgehead atoms. The molecule has 0 fully saturated rings. The molecule has 0 radical (unpaired) electrons.